The van der Waals surface area contributed by atoms with Crippen LogP contribution in [0.2, 0.25) is 0 Å². The van der Waals surface area contributed by atoms with Gasteiger partial charge in [0, 0.05) is 19.3 Å². The number of ether oxygens (including phenoxy) is 3. The number of esters is 3. The van der Waals surface area contributed by atoms with E-state index in [4.69, 9.17) is 14.2 Å². The molecule has 1 atom stereocenters. The number of hydrogen-bond donors (Lipinski definition) is 0. The second kappa shape index (κ2) is 59.2. The summed E-state index contributed by atoms with van der Waals surface area (Å²) in [6.45, 7) is 6.49. The predicted molar refractivity (Wildman–Crippen MR) is 307 cm³/mol. The molecule has 0 N–H and O–H groups in total. The molecule has 0 saturated heterocycles. The molecule has 0 radical (unpaired) electrons. The first-order chi connectivity index (χ1) is 35.0. The lowest BCUT2D eigenvalue weighted by Gasteiger charge is -2.18. The van der Waals surface area contributed by atoms with Gasteiger partial charge in [-0.2, -0.15) is 0 Å². The van der Waals surface area contributed by atoms with E-state index in [1.807, 2.05) is 0 Å². The summed E-state index contributed by atoms with van der Waals surface area (Å²) in [7, 11) is 0. The van der Waals surface area contributed by atoms with E-state index in [0.29, 0.717) is 19.3 Å². The van der Waals surface area contributed by atoms with Gasteiger partial charge in [0.15, 0.2) is 6.10 Å². The number of allylic oxidation sites excluding steroid dienone is 14. The summed E-state index contributed by atoms with van der Waals surface area (Å²) in [6.07, 6.45) is 77.2. The lowest BCUT2D eigenvalue weighted by atomic mass is 10.1. The van der Waals surface area contributed by atoms with Crippen LogP contribution in [-0.4, -0.2) is 37.2 Å². The van der Waals surface area contributed by atoms with Gasteiger partial charge in [-0.1, -0.05) is 241 Å². The van der Waals surface area contributed by atoms with Crippen molar-refractivity contribution in [1.29, 1.82) is 0 Å². The average Bonchev–Trinajstić information content (AvgIpc) is 3.37. The molecular formula is C65H112O6. The maximum absolute atomic E-state index is 12.9. The third-order valence-corrected chi connectivity index (χ3v) is 12.9. The molecule has 0 aliphatic carbocycles. The van der Waals surface area contributed by atoms with Crippen LogP contribution >= 0.6 is 0 Å². The van der Waals surface area contributed by atoms with E-state index in [9.17, 15) is 14.4 Å². The Morgan fingerprint density at radius 2 is 0.549 bits per heavy atom. The third-order valence-electron chi connectivity index (χ3n) is 12.9. The zero-order valence-electron chi connectivity index (χ0n) is 46.7. The zero-order valence-corrected chi connectivity index (χ0v) is 46.7. The average molecular weight is 990 g/mol. The maximum Gasteiger partial charge on any atom is 0.306 e. The van der Waals surface area contributed by atoms with E-state index in [1.54, 1.807) is 0 Å². The molecule has 0 aliphatic rings. The van der Waals surface area contributed by atoms with Crippen LogP contribution in [0.15, 0.2) is 85.1 Å². The summed E-state index contributed by atoms with van der Waals surface area (Å²) in [5.41, 5.74) is 0. The van der Waals surface area contributed by atoms with Crippen LogP contribution in [0.3, 0.4) is 0 Å². The molecule has 0 heterocycles. The first-order valence-electron chi connectivity index (χ1n) is 30.1. The van der Waals surface area contributed by atoms with E-state index in [1.165, 1.54) is 128 Å². The van der Waals surface area contributed by atoms with Crippen molar-refractivity contribution in [2.75, 3.05) is 13.2 Å². The highest BCUT2D eigenvalue weighted by molar-refractivity contribution is 5.71. The van der Waals surface area contributed by atoms with Crippen molar-refractivity contribution in [1.82, 2.24) is 0 Å². The minimum absolute atomic E-state index is 0.0918. The first-order valence-corrected chi connectivity index (χ1v) is 30.1. The normalized spacial score (nSPS) is 12.7. The Kier molecular flexibility index (Phi) is 56.3. The van der Waals surface area contributed by atoms with Crippen LogP contribution in [0.25, 0.3) is 0 Å². The van der Waals surface area contributed by atoms with Crippen LogP contribution in [0.4, 0.5) is 0 Å². The van der Waals surface area contributed by atoms with Gasteiger partial charge in [-0.15, -0.1) is 0 Å². The van der Waals surface area contributed by atoms with Gasteiger partial charge in [-0.25, -0.2) is 0 Å². The molecule has 0 aromatic carbocycles. The fraction of sp³-hybridized carbons (Fsp3) is 0.738. The molecule has 0 saturated carbocycles. The summed E-state index contributed by atoms with van der Waals surface area (Å²) in [4.78, 5) is 38.2. The minimum Gasteiger partial charge on any atom is -0.462 e. The van der Waals surface area contributed by atoms with Gasteiger partial charge in [0.25, 0.3) is 0 Å². The fourth-order valence-corrected chi connectivity index (χ4v) is 8.34. The molecule has 0 rings (SSSR count). The van der Waals surface area contributed by atoms with Gasteiger partial charge in [0.2, 0.25) is 0 Å². The maximum atomic E-state index is 12.9. The molecule has 0 bridgehead atoms. The molecule has 0 fully saturated rings. The number of carbonyl (C=O) groups is 3. The van der Waals surface area contributed by atoms with Crippen molar-refractivity contribution < 1.29 is 28.6 Å². The fourth-order valence-electron chi connectivity index (χ4n) is 8.34. The summed E-state index contributed by atoms with van der Waals surface area (Å²) in [5.74, 6) is -0.924. The molecule has 0 aromatic heterocycles. The van der Waals surface area contributed by atoms with Crippen LogP contribution in [0.1, 0.15) is 290 Å². The SMILES string of the molecule is CC/C=C\C/C=C\C/C=C\C/C=C\CCCCCCC(=O)OC(COC(=O)CCCCCCC/C=C\C/C=C\CCCCC)COC(=O)CCCCCCCCCCC/C=C\CCCCCCCCCC. The van der Waals surface area contributed by atoms with E-state index < -0.39 is 6.10 Å². The lowest BCUT2D eigenvalue weighted by Crippen LogP contribution is -2.30. The number of hydrogen-bond acceptors (Lipinski definition) is 6. The van der Waals surface area contributed by atoms with Crippen molar-refractivity contribution in [3.63, 3.8) is 0 Å². The van der Waals surface area contributed by atoms with Gasteiger partial charge < -0.3 is 14.2 Å². The van der Waals surface area contributed by atoms with Crippen LogP contribution < -0.4 is 0 Å². The molecule has 71 heavy (non-hydrogen) atoms. The highest BCUT2D eigenvalue weighted by Crippen LogP contribution is 2.15. The van der Waals surface area contributed by atoms with Crippen molar-refractivity contribution in [2.45, 2.75) is 297 Å². The zero-order chi connectivity index (χ0) is 51.4. The van der Waals surface area contributed by atoms with Gasteiger partial charge in [0.1, 0.15) is 13.2 Å². The largest absolute Gasteiger partial charge is 0.462 e. The van der Waals surface area contributed by atoms with E-state index in [0.717, 1.165) is 122 Å². The predicted octanol–water partition coefficient (Wildman–Crippen LogP) is 20.3. The first kappa shape index (κ1) is 67.6. The Balaban J connectivity index is 4.41. The Morgan fingerprint density at radius 3 is 0.901 bits per heavy atom. The Labute approximate surface area is 439 Å². The highest BCUT2D eigenvalue weighted by Gasteiger charge is 2.19. The second-order valence-electron chi connectivity index (χ2n) is 19.9. The minimum atomic E-state index is -0.797. The monoisotopic (exact) mass is 989 g/mol. The molecule has 1 unspecified atom stereocenters. The van der Waals surface area contributed by atoms with E-state index >= 15 is 0 Å². The van der Waals surface area contributed by atoms with E-state index in [-0.39, 0.29) is 31.1 Å². The summed E-state index contributed by atoms with van der Waals surface area (Å²) < 4.78 is 16.9. The van der Waals surface area contributed by atoms with Gasteiger partial charge in [-0.3, -0.25) is 14.4 Å². The van der Waals surface area contributed by atoms with E-state index in [2.05, 4.69) is 106 Å². The second-order valence-corrected chi connectivity index (χ2v) is 19.9. The molecule has 6 heteroatoms. The Bertz CT molecular complexity index is 1370. The summed E-state index contributed by atoms with van der Waals surface area (Å²) >= 11 is 0. The highest BCUT2D eigenvalue weighted by atomic mass is 16.6. The topological polar surface area (TPSA) is 78.9 Å². The molecular weight excluding hydrogens is 877 g/mol. The van der Waals surface area contributed by atoms with Crippen LogP contribution in [-0.2, 0) is 28.6 Å². The Hall–Kier alpha value is -3.41. The molecule has 0 aliphatic heterocycles. The molecule has 6 nitrogen and oxygen atoms in total. The third kappa shape index (κ3) is 57.4. The number of rotatable bonds is 54. The van der Waals surface area contributed by atoms with Crippen molar-refractivity contribution in [3.8, 4) is 0 Å². The Morgan fingerprint density at radius 1 is 0.296 bits per heavy atom. The van der Waals surface area contributed by atoms with Crippen molar-refractivity contribution >= 4 is 17.9 Å². The van der Waals surface area contributed by atoms with Gasteiger partial charge >= 0.3 is 17.9 Å². The van der Waals surface area contributed by atoms with Crippen LogP contribution in [0.5, 0.6) is 0 Å². The molecule has 0 amide bonds. The molecule has 0 aromatic rings. The summed E-state index contributed by atoms with van der Waals surface area (Å²) in [5, 5.41) is 0. The van der Waals surface area contributed by atoms with Gasteiger partial charge in [0.05, 0.1) is 0 Å². The van der Waals surface area contributed by atoms with Crippen molar-refractivity contribution in [3.05, 3.63) is 85.1 Å². The molecule has 408 valence electrons. The summed E-state index contributed by atoms with van der Waals surface area (Å²) in [6, 6.07) is 0. The van der Waals surface area contributed by atoms with Crippen molar-refractivity contribution in [2.24, 2.45) is 0 Å². The van der Waals surface area contributed by atoms with Crippen LogP contribution in [0, 0.1) is 0 Å². The quantitative estimate of drug-likeness (QED) is 0.0261. The number of unbranched alkanes of at least 4 members (excludes halogenated alkanes) is 29. The lowest BCUT2D eigenvalue weighted by molar-refractivity contribution is -0.167. The standard InChI is InChI=1S/C65H112O6/c1-4-7-10-13-16-19-22-25-28-30-31-32-33-35-37-40-43-46-49-52-55-58-64(67)70-61-62(60-69-63(66)57-54-51-48-45-42-39-36-27-24-21-18-15-12-9-6-3)71-65(68)59-56-53-50-47-44-41-38-34-29-26-23-20-17-14-11-8-5-2/h8,11,17-18,20-21,26-27,29-31,36,38,41,62H,4-7,9-10,12-16,19,22-25,28,32-35,37,39-40,42-61H2,1-3H3/b11-8-,20-17-,21-18-,29-26-,31-30-,36-27-,41-38-. The molecule has 0 spiro atoms. The van der Waals surface area contributed by atoms with Gasteiger partial charge in [-0.05, 0) is 116 Å². The smallest absolute Gasteiger partial charge is 0.306 e. The number of carbonyl (C=O) groups excluding carboxylic acids is 3.